The number of esters is 1. The number of alkyl carbamates (subject to hydrolysis) is 1. The molecule has 3 saturated heterocycles. The summed E-state index contributed by atoms with van der Waals surface area (Å²) in [4.78, 5) is 70.4. The van der Waals surface area contributed by atoms with E-state index in [-0.39, 0.29) is 37.2 Å². The molecule has 0 bridgehead atoms. The highest BCUT2D eigenvalue weighted by molar-refractivity contribution is 7.16. The van der Waals surface area contributed by atoms with Crippen molar-refractivity contribution in [2.24, 2.45) is 11.8 Å². The summed E-state index contributed by atoms with van der Waals surface area (Å²) in [5.41, 5.74) is -6.36. The number of aliphatic hydroxyl groups is 1. The van der Waals surface area contributed by atoms with Gasteiger partial charge in [0.2, 0.25) is 5.82 Å². The number of Topliss-reactive ketones (excluding diaryl/α,β-unsaturated/α-hetero) is 2. The quantitative estimate of drug-likeness (QED) is 0.209. The minimum absolute atomic E-state index is 0.0718. The fraction of sp³-hybridized carbons (Fsp3) is 0.692. The maximum atomic E-state index is 16.7. The summed E-state index contributed by atoms with van der Waals surface area (Å²) >= 11 is 1.30. The van der Waals surface area contributed by atoms with E-state index in [0.29, 0.717) is 11.3 Å². The van der Waals surface area contributed by atoms with E-state index in [2.05, 4.69) is 25.5 Å². The molecule has 0 aromatic carbocycles. The number of ether oxygens (including phenoxy) is 6. The zero-order valence-electron chi connectivity index (χ0n) is 35.0. The number of fused-ring (bicyclic) bond motifs is 1. The summed E-state index contributed by atoms with van der Waals surface area (Å²) in [6.45, 7) is 10.6. The number of hydrogen-bond donors (Lipinski definition) is 2. The number of ketones is 2. The number of alkyl halides is 1. The fourth-order valence-corrected chi connectivity index (χ4v) is 8.90. The molecule has 20 heteroatoms. The second-order valence-corrected chi connectivity index (χ2v) is 17.3. The van der Waals surface area contributed by atoms with E-state index >= 15 is 4.39 Å². The maximum Gasteiger partial charge on any atom is 0.453 e. The standard InChI is InChI=1S/C39H55FN6O12S/c1-11-27-39(7)31(41-35(51)58-39)22(4)29(48)20(2)19-37(5,54-16-12-13-23-14-15-25(59-23)32-42-44-46(43-32)36(52)53-10)28(18-26(47)38(6,40)34(50)57-27)56-33-30(49)24(45(8)9)17-21(3)55-33/h12-15,20-22,24,27-28,30-31,33,49H,11,16-19H2,1-10H3,(H,41,51)/b13-12+/t20-,21-,22+,24+,27-,28-,30-,31-,33?,37+,38+,39-/m1/s1. The molecule has 59 heavy (non-hydrogen) atoms. The summed E-state index contributed by atoms with van der Waals surface area (Å²) in [6.07, 6.45) is -3.98. The van der Waals surface area contributed by atoms with Crippen molar-refractivity contribution in [2.75, 3.05) is 27.8 Å². The Labute approximate surface area is 346 Å². The van der Waals surface area contributed by atoms with Crippen LogP contribution in [-0.2, 0) is 42.8 Å². The third-order valence-corrected chi connectivity index (χ3v) is 12.6. The van der Waals surface area contributed by atoms with Crippen LogP contribution < -0.4 is 5.32 Å². The lowest BCUT2D eigenvalue weighted by Gasteiger charge is -2.46. The molecule has 0 radical (unpaired) electrons. The van der Waals surface area contributed by atoms with Crippen LogP contribution in [0.15, 0.2) is 18.2 Å². The van der Waals surface area contributed by atoms with Crippen LogP contribution in [0.2, 0.25) is 0 Å². The molecule has 0 aliphatic carbocycles. The Morgan fingerprint density at radius 2 is 1.88 bits per heavy atom. The number of rotatable bonds is 9. The lowest BCUT2D eigenvalue weighted by atomic mass is 9.75. The van der Waals surface area contributed by atoms with Crippen LogP contribution in [0.3, 0.4) is 0 Å². The van der Waals surface area contributed by atoms with E-state index in [1.54, 1.807) is 66.1 Å². The van der Waals surface area contributed by atoms with E-state index in [9.17, 15) is 29.1 Å². The normalized spacial score (nSPS) is 36.2. The number of nitrogens with one attached hydrogen (secondary N) is 1. The van der Waals surface area contributed by atoms with Crippen molar-refractivity contribution in [3.05, 3.63) is 23.1 Å². The second kappa shape index (κ2) is 18.2. The first-order chi connectivity index (χ1) is 27.6. The number of cyclic esters (lactones) is 1. The number of amides is 1. The highest BCUT2D eigenvalue weighted by Crippen LogP contribution is 2.40. The summed E-state index contributed by atoms with van der Waals surface area (Å²) < 4.78 is 51.7. The Hall–Kier alpha value is -4.21. The summed E-state index contributed by atoms with van der Waals surface area (Å²) in [5, 5.41) is 25.8. The van der Waals surface area contributed by atoms with Gasteiger partial charge in [0.05, 0.1) is 42.4 Å². The number of aliphatic hydroxyl groups excluding tert-OH is 1. The molecule has 18 nitrogen and oxygen atoms in total. The molecule has 1 unspecified atom stereocenters. The zero-order chi connectivity index (χ0) is 43.6. The minimum Gasteiger partial charge on any atom is -0.455 e. The molecule has 2 aromatic rings. The largest absolute Gasteiger partial charge is 0.455 e. The van der Waals surface area contributed by atoms with Crippen LogP contribution in [0.4, 0.5) is 14.0 Å². The Kier molecular flexibility index (Phi) is 14.1. The Morgan fingerprint density at radius 1 is 1.17 bits per heavy atom. The third kappa shape index (κ3) is 9.73. The van der Waals surface area contributed by atoms with Crippen molar-refractivity contribution < 1.29 is 61.9 Å². The smallest absolute Gasteiger partial charge is 0.453 e. The first kappa shape index (κ1) is 45.9. The van der Waals surface area contributed by atoms with Gasteiger partial charge in [0.25, 0.3) is 5.67 Å². The van der Waals surface area contributed by atoms with Crippen LogP contribution >= 0.6 is 11.3 Å². The SMILES string of the molecule is CC[C@H]1OC(=O)[C@@](C)(F)C(=O)C[C@@H](OC2O[C@H](C)C[C@H](N(C)C)[C@H]2O)[C@@](C)(OC/C=C/c2ccc(-c3nnn(C(=O)OC)n3)s2)C[C@@H](C)C(=O)[C@H](C)[C@H]2NC(=O)O[C@@]21C. The van der Waals surface area contributed by atoms with Gasteiger partial charge >= 0.3 is 18.2 Å². The van der Waals surface area contributed by atoms with Gasteiger partial charge in [0, 0.05) is 29.2 Å². The maximum absolute atomic E-state index is 16.7. The van der Waals surface area contributed by atoms with E-state index in [4.69, 9.17) is 23.7 Å². The zero-order valence-corrected chi connectivity index (χ0v) is 35.8. The number of tetrazole rings is 1. The lowest BCUT2D eigenvalue weighted by molar-refractivity contribution is -0.291. The first-order valence-corrected chi connectivity index (χ1v) is 20.4. The summed E-state index contributed by atoms with van der Waals surface area (Å²) in [7, 11) is 4.79. The van der Waals surface area contributed by atoms with E-state index < -0.39 is 95.8 Å². The van der Waals surface area contributed by atoms with Crippen LogP contribution in [0.5, 0.6) is 0 Å². The van der Waals surface area contributed by atoms with Crippen molar-refractivity contribution in [3.63, 3.8) is 0 Å². The highest BCUT2D eigenvalue weighted by Gasteiger charge is 2.58. The molecule has 0 saturated carbocycles. The van der Waals surface area contributed by atoms with Crippen LogP contribution in [0.25, 0.3) is 16.8 Å². The van der Waals surface area contributed by atoms with Gasteiger partial charge in [0.1, 0.15) is 18.0 Å². The van der Waals surface area contributed by atoms with Crippen molar-refractivity contribution in [3.8, 4) is 10.7 Å². The number of likely N-dealkylation sites (N-methyl/N-ethyl adjacent to an activating group) is 1. The number of nitrogens with zero attached hydrogens (tertiary/aromatic N) is 5. The average molecular weight is 851 g/mol. The van der Waals surface area contributed by atoms with Crippen LogP contribution in [0.1, 0.15) is 79.0 Å². The van der Waals surface area contributed by atoms with E-state index in [1.165, 1.54) is 25.4 Å². The molecule has 12 atom stereocenters. The monoisotopic (exact) mass is 850 g/mol. The van der Waals surface area contributed by atoms with Crippen molar-refractivity contribution in [1.29, 1.82) is 0 Å². The van der Waals surface area contributed by atoms with Gasteiger partial charge in [-0.05, 0) is 84.5 Å². The molecule has 3 aliphatic rings. The van der Waals surface area contributed by atoms with Gasteiger partial charge in [-0.3, -0.25) is 9.59 Å². The summed E-state index contributed by atoms with van der Waals surface area (Å²) in [5.74, 6) is -4.49. The number of methoxy groups -OCH3 is 1. The molecule has 3 aliphatic heterocycles. The number of carbonyl (C=O) groups excluding carboxylic acids is 5. The number of thiophene rings is 1. The lowest BCUT2D eigenvalue weighted by Crippen LogP contribution is -2.60. The molecule has 5 rings (SSSR count). The molecular weight excluding hydrogens is 796 g/mol. The van der Waals surface area contributed by atoms with Gasteiger partial charge in [-0.2, -0.15) is 0 Å². The molecule has 3 fully saturated rings. The average Bonchev–Trinajstić information content (AvgIpc) is 3.94. The minimum atomic E-state index is -3.20. The van der Waals surface area contributed by atoms with Gasteiger partial charge in [-0.15, -0.1) is 21.5 Å². The topological polar surface area (TPSA) is 220 Å². The van der Waals surface area contributed by atoms with Gasteiger partial charge in [-0.1, -0.05) is 31.6 Å². The van der Waals surface area contributed by atoms with Crippen molar-refractivity contribution in [2.45, 2.75) is 134 Å². The van der Waals surface area contributed by atoms with Gasteiger partial charge in [-0.25, -0.2) is 18.8 Å². The van der Waals surface area contributed by atoms with Crippen LogP contribution in [-0.4, -0.2) is 147 Å². The number of carbonyl (C=O) groups is 5. The van der Waals surface area contributed by atoms with E-state index in [0.717, 1.165) is 16.6 Å². The number of aromatic nitrogens is 4. The van der Waals surface area contributed by atoms with Crippen molar-refractivity contribution >= 4 is 47.1 Å². The molecule has 5 heterocycles. The number of halogens is 1. The predicted octanol–water partition coefficient (Wildman–Crippen LogP) is 3.74. The molecule has 326 valence electrons. The first-order valence-electron chi connectivity index (χ1n) is 19.6. The van der Waals surface area contributed by atoms with Gasteiger partial charge < -0.3 is 43.7 Å². The predicted molar refractivity (Wildman–Crippen MR) is 209 cm³/mol. The third-order valence-electron chi connectivity index (χ3n) is 11.5. The number of hydrogen-bond acceptors (Lipinski definition) is 17. The van der Waals surface area contributed by atoms with Crippen LogP contribution in [0, 0.1) is 11.8 Å². The highest BCUT2D eigenvalue weighted by atomic mass is 32.1. The molecular formula is C39H55FN6O12S. The van der Waals surface area contributed by atoms with Gasteiger partial charge in [0.15, 0.2) is 17.7 Å². The second-order valence-electron chi connectivity index (χ2n) is 16.2. The molecule has 1 amide bonds. The summed E-state index contributed by atoms with van der Waals surface area (Å²) in [6, 6.07) is 2.14. The van der Waals surface area contributed by atoms with E-state index in [1.807, 2.05) is 11.8 Å². The fourth-order valence-electron chi connectivity index (χ4n) is 8.04. The molecule has 2 aromatic heterocycles. The Morgan fingerprint density at radius 3 is 2.54 bits per heavy atom. The van der Waals surface area contributed by atoms with Crippen molar-refractivity contribution in [1.82, 2.24) is 30.4 Å². The Bertz CT molecular complexity index is 1910. The Balaban J connectivity index is 1.51. The molecule has 2 N–H and O–H groups in total. The molecule has 0 spiro atoms.